The van der Waals surface area contributed by atoms with Crippen molar-refractivity contribution in [1.29, 1.82) is 0 Å². The molecule has 0 saturated carbocycles. The zero-order chi connectivity index (χ0) is 14.1. The van der Waals surface area contributed by atoms with E-state index < -0.39 is 5.97 Å². The van der Waals surface area contributed by atoms with Crippen LogP contribution >= 0.6 is 0 Å². The molecule has 0 spiro atoms. The number of carboxylic acids is 1. The highest BCUT2D eigenvalue weighted by Crippen LogP contribution is 2.09. The van der Waals surface area contributed by atoms with Gasteiger partial charge >= 0.3 is 12.0 Å². The lowest BCUT2D eigenvalue weighted by atomic mass is 10.0. The second-order valence-corrected chi connectivity index (χ2v) is 5.24. The molecule has 0 aromatic heterocycles. The highest BCUT2D eigenvalue weighted by Gasteiger charge is 2.12. The summed E-state index contributed by atoms with van der Waals surface area (Å²) in [5.74, 6) is -0.450. The molecule has 1 atom stereocenters. The van der Waals surface area contributed by atoms with Crippen LogP contribution in [0.3, 0.4) is 0 Å². The maximum absolute atomic E-state index is 11.6. The van der Waals surface area contributed by atoms with Crippen molar-refractivity contribution in [2.45, 2.75) is 45.4 Å². The van der Waals surface area contributed by atoms with Crippen LogP contribution in [0, 0.1) is 5.92 Å². The van der Waals surface area contributed by atoms with E-state index >= 15 is 0 Å². The predicted octanol–water partition coefficient (Wildman–Crippen LogP) is 1.58. The minimum Gasteiger partial charge on any atom is -0.481 e. The summed E-state index contributed by atoms with van der Waals surface area (Å²) in [6.07, 6.45) is 5.16. The van der Waals surface area contributed by atoms with E-state index in [1.807, 2.05) is 11.9 Å². The van der Waals surface area contributed by atoms with Crippen molar-refractivity contribution in [3.63, 3.8) is 0 Å². The SMILES string of the molecule is CC(CCNC(=O)NN1CCCCC1)CCC(=O)O. The Morgan fingerprint density at radius 3 is 2.53 bits per heavy atom. The summed E-state index contributed by atoms with van der Waals surface area (Å²) >= 11 is 0. The molecule has 0 bridgehead atoms. The Bertz CT molecular complexity index is 291. The first-order valence-electron chi connectivity index (χ1n) is 7.09. The molecular weight excluding hydrogens is 246 g/mol. The molecule has 19 heavy (non-hydrogen) atoms. The highest BCUT2D eigenvalue weighted by atomic mass is 16.4. The van der Waals surface area contributed by atoms with Crippen molar-refractivity contribution in [3.8, 4) is 0 Å². The fourth-order valence-electron chi connectivity index (χ4n) is 2.14. The van der Waals surface area contributed by atoms with Crippen LogP contribution in [-0.2, 0) is 4.79 Å². The lowest BCUT2D eigenvalue weighted by Crippen LogP contribution is -2.49. The molecule has 3 N–H and O–H groups in total. The monoisotopic (exact) mass is 271 g/mol. The summed E-state index contributed by atoms with van der Waals surface area (Å²) in [5, 5.41) is 13.3. The second-order valence-electron chi connectivity index (χ2n) is 5.24. The number of urea groups is 1. The molecule has 1 aliphatic heterocycles. The van der Waals surface area contributed by atoms with E-state index in [9.17, 15) is 9.59 Å². The molecule has 6 heteroatoms. The number of carboxylic acid groups (broad SMARTS) is 1. The van der Waals surface area contributed by atoms with Gasteiger partial charge in [-0.3, -0.25) is 10.2 Å². The summed E-state index contributed by atoms with van der Waals surface area (Å²) in [6.45, 7) is 4.43. The number of carbonyl (C=O) groups excluding carboxylic acids is 1. The Hall–Kier alpha value is -1.30. The average Bonchev–Trinajstić information content (AvgIpc) is 2.37. The van der Waals surface area contributed by atoms with Crippen LogP contribution in [0.2, 0.25) is 0 Å². The fourth-order valence-corrected chi connectivity index (χ4v) is 2.14. The van der Waals surface area contributed by atoms with Crippen molar-refractivity contribution in [2.75, 3.05) is 19.6 Å². The van der Waals surface area contributed by atoms with Gasteiger partial charge in [0.15, 0.2) is 0 Å². The summed E-state index contributed by atoms with van der Waals surface area (Å²) in [7, 11) is 0. The van der Waals surface area contributed by atoms with Crippen LogP contribution < -0.4 is 10.7 Å². The number of rotatable bonds is 7. The fraction of sp³-hybridized carbons (Fsp3) is 0.846. The van der Waals surface area contributed by atoms with Crippen LogP contribution in [0.4, 0.5) is 4.79 Å². The first-order valence-corrected chi connectivity index (χ1v) is 7.09. The van der Waals surface area contributed by atoms with E-state index in [1.54, 1.807) is 0 Å². The number of hydrogen-bond acceptors (Lipinski definition) is 3. The van der Waals surface area contributed by atoms with Crippen molar-refractivity contribution in [3.05, 3.63) is 0 Å². The van der Waals surface area contributed by atoms with Crippen LogP contribution in [0.25, 0.3) is 0 Å². The normalized spacial score (nSPS) is 17.7. The molecule has 1 unspecified atom stereocenters. The summed E-state index contributed by atoms with van der Waals surface area (Å²) in [5.41, 5.74) is 2.83. The van der Waals surface area contributed by atoms with Gasteiger partial charge < -0.3 is 10.4 Å². The third kappa shape index (κ3) is 7.66. The number of hydrazine groups is 1. The van der Waals surface area contributed by atoms with Crippen molar-refractivity contribution in [2.24, 2.45) is 5.92 Å². The van der Waals surface area contributed by atoms with Gasteiger partial charge in [-0.15, -0.1) is 0 Å². The van der Waals surface area contributed by atoms with Crippen LogP contribution in [0.5, 0.6) is 0 Å². The maximum atomic E-state index is 11.6. The molecule has 0 radical (unpaired) electrons. The minimum absolute atomic E-state index is 0.160. The first-order chi connectivity index (χ1) is 9.08. The molecule has 6 nitrogen and oxygen atoms in total. The molecule has 2 amide bonds. The van der Waals surface area contributed by atoms with Crippen LogP contribution in [0.15, 0.2) is 0 Å². The third-order valence-corrected chi connectivity index (χ3v) is 3.39. The molecule has 1 fully saturated rings. The molecule has 1 heterocycles. The number of hydrogen-bond donors (Lipinski definition) is 3. The van der Waals surface area contributed by atoms with E-state index in [2.05, 4.69) is 10.7 Å². The van der Waals surface area contributed by atoms with Crippen molar-refractivity contribution < 1.29 is 14.7 Å². The number of piperidine rings is 1. The molecule has 0 aromatic carbocycles. The first kappa shape index (κ1) is 15.8. The smallest absolute Gasteiger partial charge is 0.329 e. The molecule has 0 aliphatic carbocycles. The van der Waals surface area contributed by atoms with Gasteiger partial charge in [-0.05, 0) is 31.6 Å². The lowest BCUT2D eigenvalue weighted by Gasteiger charge is -2.26. The van der Waals surface area contributed by atoms with Gasteiger partial charge in [0.05, 0.1) is 0 Å². The summed E-state index contributed by atoms with van der Waals surface area (Å²) in [6, 6.07) is -0.160. The number of aliphatic carboxylic acids is 1. The average molecular weight is 271 g/mol. The third-order valence-electron chi connectivity index (χ3n) is 3.39. The Labute approximate surface area is 114 Å². The van der Waals surface area contributed by atoms with Crippen molar-refractivity contribution in [1.82, 2.24) is 15.8 Å². The van der Waals surface area contributed by atoms with E-state index in [0.29, 0.717) is 18.9 Å². The van der Waals surface area contributed by atoms with E-state index in [0.717, 1.165) is 32.4 Å². The minimum atomic E-state index is -0.761. The van der Waals surface area contributed by atoms with Crippen LogP contribution in [-0.4, -0.2) is 41.8 Å². The van der Waals surface area contributed by atoms with Gasteiger partial charge in [0, 0.05) is 26.1 Å². The van der Waals surface area contributed by atoms with Gasteiger partial charge in [-0.25, -0.2) is 9.80 Å². The van der Waals surface area contributed by atoms with Gasteiger partial charge in [-0.1, -0.05) is 13.3 Å². The molecule has 0 aromatic rings. The molecular formula is C13H25N3O3. The quantitative estimate of drug-likeness (QED) is 0.656. The number of amides is 2. The number of nitrogens with one attached hydrogen (secondary N) is 2. The largest absolute Gasteiger partial charge is 0.481 e. The van der Waals surface area contributed by atoms with Crippen LogP contribution in [0.1, 0.15) is 45.4 Å². The molecule has 1 saturated heterocycles. The number of nitrogens with zero attached hydrogens (tertiary/aromatic N) is 1. The van der Waals surface area contributed by atoms with Gasteiger partial charge in [0.25, 0.3) is 0 Å². The molecule has 1 aliphatic rings. The zero-order valence-corrected chi connectivity index (χ0v) is 11.7. The number of carbonyl (C=O) groups is 2. The molecule has 110 valence electrons. The highest BCUT2D eigenvalue weighted by molar-refractivity contribution is 5.73. The lowest BCUT2D eigenvalue weighted by molar-refractivity contribution is -0.137. The predicted molar refractivity (Wildman–Crippen MR) is 72.6 cm³/mol. The van der Waals surface area contributed by atoms with E-state index in [4.69, 9.17) is 5.11 Å². The Kier molecular flexibility index (Phi) is 7.25. The van der Waals surface area contributed by atoms with Gasteiger partial charge in [0.2, 0.25) is 0 Å². The summed E-state index contributed by atoms with van der Waals surface area (Å²) < 4.78 is 0. The Morgan fingerprint density at radius 2 is 1.89 bits per heavy atom. The van der Waals surface area contributed by atoms with Gasteiger partial charge in [0.1, 0.15) is 0 Å². The summed E-state index contributed by atoms with van der Waals surface area (Å²) in [4.78, 5) is 22.0. The molecule has 1 rings (SSSR count). The van der Waals surface area contributed by atoms with E-state index in [1.165, 1.54) is 6.42 Å². The zero-order valence-electron chi connectivity index (χ0n) is 11.7. The topological polar surface area (TPSA) is 81.7 Å². The van der Waals surface area contributed by atoms with E-state index in [-0.39, 0.29) is 12.5 Å². The second kappa shape index (κ2) is 8.74. The maximum Gasteiger partial charge on any atom is 0.329 e. The Morgan fingerprint density at radius 1 is 1.21 bits per heavy atom. The van der Waals surface area contributed by atoms with Crippen molar-refractivity contribution >= 4 is 12.0 Å². The standard InChI is InChI=1S/C13H25N3O3/c1-11(5-6-12(17)18)7-8-14-13(19)15-16-9-3-2-4-10-16/h11H,2-10H2,1H3,(H,17,18)(H2,14,15,19). The Balaban J connectivity index is 2.04. The van der Waals surface area contributed by atoms with Gasteiger partial charge in [-0.2, -0.15) is 0 Å².